The van der Waals surface area contributed by atoms with Gasteiger partial charge in [-0.15, -0.1) is 0 Å². The van der Waals surface area contributed by atoms with Crippen molar-refractivity contribution in [2.24, 2.45) is 4.99 Å². The van der Waals surface area contributed by atoms with E-state index in [1.54, 1.807) is 6.07 Å². The molecule has 1 saturated heterocycles. The molecule has 5 nitrogen and oxygen atoms in total. The van der Waals surface area contributed by atoms with Gasteiger partial charge in [0.2, 0.25) is 5.88 Å². The molecule has 4 rings (SSSR count). The van der Waals surface area contributed by atoms with Gasteiger partial charge in [-0.25, -0.2) is 4.99 Å². The summed E-state index contributed by atoms with van der Waals surface area (Å²) in [6.07, 6.45) is 2.28. The van der Waals surface area contributed by atoms with Crippen LogP contribution in [0.1, 0.15) is 17.7 Å². The van der Waals surface area contributed by atoms with Crippen molar-refractivity contribution in [2.45, 2.75) is 12.8 Å². The maximum Gasteiger partial charge on any atom is 0.279 e. The first-order chi connectivity index (χ1) is 10.2. The smallest absolute Gasteiger partial charge is 0.279 e. The molecule has 0 saturated carbocycles. The molecule has 1 fully saturated rings. The number of anilines is 1. The van der Waals surface area contributed by atoms with E-state index in [9.17, 15) is 9.90 Å². The molecule has 2 aromatic rings. The van der Waals surface area contributed by atoms with Crippen molar-refractivity contribution in [2.75, 3.05) is 18.0 Å². The molecule has 0 bridgehead atoms. The fourth-order valence-corrected chi connectivity index (χ4v) is 3.85. The molecule has 6 heteroatoms. The Hall–Kier alpha value is -2.21. The van der Waals surface area contributed by atoms with Crippen LogP contribution in [-0.4, -0.2) is 29.1 Å². The monoisotopic (exact) mass is 299 g/mol. The number of aromatic nitrogens is 1. The zero-order valence-corrected chi connectivity index (χ0v) is 12.1. The number of carbonyl (C=O) groups excluding carboxylic acids is 1. The Morgan fingerprint density at radius 2 is 1.95 bits per heavy atom. The number of hydrogen-bond acceptors (Lipinski definition) is 5. The Kier molecular flexibility index (Phi) is 2.78. The first kappa shape index (κ1) is 12.5. The Labute approximate surface area is 124 Å². The number of fused-ring (bicyclic) bond motifs is 1. The quantitative estimate of drug-likeness (QED) is 0.891. The number of carbonyl (C=O) groups is 1. The molecule has 1 amide bonds. The van der Waals surface area contributed by atoms with Gasteiger partial charge in [0, 0.05) is 18.3 Å². The first-order valence-corrected chi connectivity index (χ1v) is 7.73. The van der Waals surface area contributed by atoms with Crippen LogP contribution in [0.4, 0.5) is 5.13 Å². The summed E-state index contributed by atoms with van der Waals surface area (Å²) in [5.41, 5.74) is 0.464. The third kappa shape index (κ3) is 1.94. The van der Waals surface area contributed by atoms with E-state index in [1.165, 1.54) is 11.3 Å². The van der Waals surface area contributed by atoms with E-state index in [2.05, 4.69) is 14.9 Å². The normalized spacial score (nSPS) is 17.2. The van der Waals surface area contributed by atoms with Crippen molar-refractivity contribution >= 4 is 27.9 Å². The number of amides is 1. The standard InChI is InChI=1S/C15H13N3O2S/c19-13-11(9-5-1-2-6-10(9)16-13)12-14(20)17-15(21-12)18-7-3-4-8-18/h1-2,5-6,20H,3-4,7-8H2. The van der Waals surface area contributed by atoms with Crippen LogP contribution >= 0.6 is 11.3 Å². The number of thiazole rings is 1. The highest BCUT2D eigenvalue weighted by molar-refractivity contribution is 7.17. The van der Waals surface area contributed by atoms with Gasteiger partial charge in [0.25, 0.3) is 5.91 Å². The highest BCUT2D eigenvalue weighted by Crippen LogP contribution is 2.36. The van der Waals surface area contributed by atoms with Crippen LogP contribution in [-0.2, 0) is 4.79 Å². The lowest BCUT2D eigenvalue weighted by Gasteiger charge is -2.11. The van der Waals surface area contributed by atoms with Gasteiger partial charge >= 0.3 is 0 Å². The highest BCUT2D eigenvalue weighted by atomic mass is 32.1. The van der Waals surface area contributed by atoms with Crippen molar-refractivity contribution in [1.29, 1.82) is 0 Å². The molecule has 2 aliphatic rings. The molecular weight excluding hydrogens is 286 g/mol. The van der Waals surface area contributed by atoms with Crippen LogP contribution in [0.2, 0.25) is 0 Å². The van der Waals surface area contributed by atoms with Crippen LogP contribution in [0.15, 0.2) is 29.3 Å². The van der Waals surface area contributed by atoms with Crippen molar-refractivity contribution < 1.29 is 9.90 Å². The molecule has 0 radical (unpaired) electrons. The number of para-hydroxylation sites is 1. The topological polar surface area (TPSA) is 65.8 Å². The summed E-state index contributed by atoms with van der Waals surface area (Å²) in [6, 6.07) is 7.38. The van der Waals surface area contributed by atoms with Gasteiger partial charge in [0.15, 0.2) is 5.13 Å². The summed E-state index contributed by atoms with van der Waals surface area (Å²) in [4.78, 5) is 23.1. The fourth-order valence-electron chi connectivity index (χ4n) is 2.79. The number of rotatable bonds is 2. The summed E-state index contributed by atoms with van der Waals surface area (Å²) in [5, 5.41) is 12.4. The minimum absolute atomic E-state index is 0.0721. The van der Waals surface area contributed by atoms with Gasteiger partial charge in [0.05, 0.1) is 10.9 Å². The van der Waals surface area contributed by atoms with E-state index in [0.717, 1.165) is 36.3 Å². The van der Waals surface area contributed by atoms with E-state index in [1.807, 2.05) is 18.2 Å². The van der Waals surface area contributed by atoms with E-state index in [4.69, 9.17) is 0 Å². The molecule has 1 aromatic heterocycles. The summed E-state index contributed by atoms with van der Waals surface area (Å²) >= 11 is 1.37. The second-order valence-electron chi connectivity index (χ2n) is 5.15. The summed E-state index contributed by atoms with van der Waals surface area (Å²) in [7, 11) is 0. The second-order valence-corrected chi connectivity index (χ2v) is 6.13. The molecule has 21 heavy (non-hydrogen) atoms. The maximum atomic E-state index is 12.2. The lowest BCUT2D eigenvalue weighted by molar-refractivity contribution is -0.112. The second kappa shape index (κ2) is 4.66. The lowest BCUT2D eigenvalue weighted by Crippen LogP contribution is -2.22. The summed E-state index contributed by atoms with van der Waals surface area (Å²) < 4.78 is 0. The molecule has 106 valence electrons. The summed E-state index contributed by atoms with van der Waals surface area (Å²) in [6.45, 7) is 1.91. The Morgan fingerprint density at radius 1 is 1.19 bits per heavy atom. The molecule has 1 N–H and O–H groups in total. The van der Waals surface area contributed by atoms with Gasteiger partial charge in [-0.1, -0.05) is 29.5 Å². The average Bonchev–Trinajstić information content (AvgIpc) is 3.16. The van der Waals surface area contributed by atoms with Crippen LogP contribution in [0.25, 0.3) is 5.57 Å². The number of nitrogens with zero attached hydrogens (tertiary/aromatic N) is 3. The third-order valence-electron chi connectivity index (χ3n) is 3.81. The Balaban J connectivity index is 1.88. The van der Waals surface area contributed by atoms with Crippen LogP contribution < -0.4 is 15.5 Å². The predicted molar refractivity (Wildman–Crippen MR) is 80.0 cm³/mol. The van der Waals surface area contributed by atoms with Gasteiger partial charge < -0.3 is 10.0 Å². The van der Waals surface area contributed by atoms with Gasteiger partial charge in [-0.3, -0.25) is 4.79 Å². The van der Waals surface area contributed by atoms with E-state index >= 15 is 0 Å². The maximum absolute atomic E-state index is 12.2. The SMILES string of the molecule is O=C1N=c2ccccc2=C1c1sc(N2CCCC2)nc1O. The van der Waals surface area contributed by atoms with Crippen molar-refractivity contribution in [1.82, 2.24) is 4.98 Å². The van der Waals surface area contributed by atoms with Gasteiger partial charge in [0.1, 0.15) is 4.88 Å². The molecular formula is C15H13N3O2S. The number of aromatic hydroxyl groups is 1. The first-order valence-electron chi connectivity index (χ1n) is 6.91. The molecule has 0 spiro atoms. The molecule has 1 aromatic carbocycles. The van der Waals surface area contributed by atoms with Crippen LogP contribution in [0.5, 0.6) is 5.88 Å². The largest absolute Gasteiger partial charge is 0.492 e. The fraction of sp³-hybridized carbons (Fsp3) is 0.267. The molecule has 0 unspecified atom stereocenters. The van der Waals surface area contributed by atoms with Crippen LogP contribution in [0, 0.1) is 0 Å². The zero-order chi connectivity index (χ0) is 14.4. The summed E-state index contributed by atoms with van der Waals surface area (Å²) in [5.74, 6) is -0.375. The van der Waals surface area contributed by atoms with Crippen molar-refractivity contribution in [3.8, 4) is 5.88 Å². The minimum Gasteiger partial charge on any atom is -0.492 e. The lowest BCUT2D eigenvalue weighted by atomic mass is 10.1. The van der Waals surface area contributed by atoms with Crippen molar-refractivity contribution in [3.05, 3.63) is 39.7 Å². The zero-order valence-electron chi connectivity index (χ0n) is 11.2. The van der Waals surface area contributed by atoms with E-state index in [-0.39, 0.29) is 11.8 Å². The van der Waals surface area contributed by atoms with E-state index < -0.39 is 0 Å². The van der Waals surface area contributed by atoms with Crippen LogP contribution in [0.3, 0.4) is 0 Å². The number of hydrogen-bond donors (Lipinski definition) is 1. The van der Waals surface area contributed by atoms with Crippen molar-refractivity contribution in [3.63, 3.8) is 0 Å². The average molecular weight is 299 g/mol. The Bertz CT molecular complexity index is 850. The van der Waals surface area contributed by atoms with Gasteiger partial charge in [-0.05, 0) is 18.9 Å². The van der Waals surface area contributed by atoms with Gasteiger partial charge in [-0.2, -0.15) is 4.98 Å². The third-order valence-corrected chi connectivity index (χ3v) is 4.93. The van der Waals surface area contributed by atoms with E-state index in [0.29, 0.717) is 15.8 Å². The molecule has 0 atom stereocenters. The molecule has 2 aliphatic heterocycles. The minimum atomic E-state index is -0.303. The molecule has 0 aliphatic carbocycles. The molecule has 3 heterocycles. The Morgan fingerprint density at radius 3 is 2.76 bits per heavy atom. The predicted octanol–water partition coefficient (Wildman–Crippen LogP) is 0.808. The number of benzene rings is 1. The highest BCUT2D eigenvalue weighted by Gasteiger charge is 2.26.